The third-order valence-corrected chi connectivity index (χ3v) is 2.92. The van der Waals surface area contributed by atoms with Gasteiger partial charge in [-0.15, -0.1) is 0 Å². The first-order valence-electron chi connectivity index (χ1n) is 5.47. The lowest BCUT2D eigenvalue weighted by Gasteiger charge is -2.11. The van der Waals surface area contributed by atoms with Gasteiger partial charge in [-0.25, -0.2) is 4.98 Å². The summed E-state index contributed by atoms with van der Waals surface area (Å²) in [6, 6.07) is 2.71. The summed E-state index contributed by atoms with van der Waals surface area (Å²) in [4.78, 5) is 18.4. The van der Waals surface area contributed by atoms with Gasteiger partial charge in [-0.2, -0.15) is 13.2 Å². The lowest BCUT2D eigenvalue weighted by atomic mass is 10.2. The molecule has 0 bridgehead atoms. The number of carbonyl (C=O) groups is 1. The SMILES string of the molecule is Cc1[nH]cnc1C(=O)Nc1cc(C(F)(F)F)ccc1Cl. The van der Waals surface area contributed by atoms with Crippen LogP contribution in [0.2, 0.25) is 5.02 Å². The molecule has 0 aliphatic heterocycles. The topological polar surface area (TPSA) is 57.8 Å². The molecule has 2 N–H and O–H groups in total. The zero-order chi connectivity index (χ0) is 14.9. The number of hydrogen-bond acceptors (Lipinski definition) is 2. The number of H-pyrrole nitrogens is 1. The number of halogens is 4. The number of rotatable bonds is 2. The Balaban J connectivity index is 2.30. The number of amides is 1. The number of benzene rings is 1. The summed E-state index contributed by atoms with van der Waals surface area (Å²) in [7, 11) is 0. The molecule has 20 heavy (non-hydrogen) atoms. The van der Waals surface area contributed by atoms with E-state index in [0.717, 1.165) is 18.2 Å². The first kappa shape index (κ1) is 14.4. The van der Waals surface area contributed by atoms with Crippen LogP contribution in [0.25, 0.3) is 0 Å². The fourth-order valence-corrected chi connectivity index (χ4v) is 1.73. The maximum Gasteiger partial charge on any atom is 0.416 e. The summed E-state index contributed by atoms with van der Waals surface area (Å²) < 4.78 is 37.8. The molecule has 1 amide bonds. The Morgan fingerprint density at radius 1 is 1.40 bits per heavy atom. The van der Waals surface area contributed by atoms with Crippen LogP contribution in [0.3, 0.4) is 0 Å². The number of alkyl halides is 3. The van der Waals surface area contributed by atoms with Crippen molar-refractivity contribution in [1.82, 2.24) is 9.97 Å². The number of hydrogen-bond donors (Lipinski definition) is 2. The molecule has 0 atom stereocenters. The molecule has 0 radical (unpaired) electrons. The molecule has 2 rings (SSSR count). The second-order valence-corrected chi connectivity index (χ2v) is 4.43. The summed E-state index contributed by atoms with van der Waals surface area (Å²) in [6.07, 6.45) is -3.19. The quantitative estimate of drug-likeness (QED) is 0.890. The van der Waals surface area contributed by atoms with Gasteiger partial charge in [-0.1, -0.05) is 11.6 Å². The molecule has 4 nitrogen and oxygen atoms in total. The maximum atomic E-state index is 12.6. The van der Waals surface area contributed by atoms with Crippen molar-refractivity contribution >= 4 is 23.2 Å². The number of imidazole rings is 1. The van der Waals surface area contributed by atoms with Crippen LogP contribution >= 0.6 is 11.6 Å². The van der Waals surface area contributed by atoms with E-state index in [2.05, 4.69) is 15.3 Å². The van der Waals surface area contributed by atoms with Crippen molar-refractivity contribution in [1.29, 1.82) is 0 Å². The van der Waals surface area contributed by atoms with Gasteiger partial charge in [0, 0.05) is 5.69 Å². The number of aryl methyl sites for hydroxylation is 1. The average molecular weight is 304 g/mol. The van der Waals surface area contributed by atoms with Crippen molar-refractivity contribution in [2.45, 2.75) is 13.1 Å². The number of carbonyl (C=O) groups excluding carboxylic acids is 1. The van der Waals surface area contributed by atoms with Gasteiger partial charge in [0.05, 0.1) is 22.6 Å². The molecule has 0 aliphatic rings. The van der Waals surface area contributed by atoms with E-state index in [0.29, 0.717) is 5.69 Å². The van der Waals surface area contributed by atoms with E-state index in [1.807, 2.05) is 0 Å². The second-order valence-electron chi connectivity index (χ2n) is 4.02. The van der Waals surface area contributed by atoms with Gasteiger partial charge in [0.1, 0.15) is 5.69 Å². The van der Waals surface area contributed by atoms with E-state index in [1.54, 1.807) is 6.92 Å². The van der Waals surface area contributed by atoms with Crippen LogP contribution in [0, 0.1) is 6.92 Å². The molecular weight excluding hydrogens is 295 g/mol. The molecule has 0 spiro atoms. The molecule has 1 aromatic carbocycles. The van der Waals surface area contributed by atoms with Gasteiger partial charge < -0.3 is 10.3 Å². The van der Waals surface area contributed by atoms with Gasteiger partial charge in [0.2, 0.25) is 0 Å². The maximum absolute atomic E-state index is 12.6. The fourth-order valence-electron chi connectivity index (χ4n) is 1.57. The van der Waals surface area contributed by atoms with Crippen LogP contribution in [-0.4, -0.2) is 15.9 Å². The van der Waals surface area contributed by atoms with Gasteiger partial charge in [0.25, 0.3) is 5.91 Å². The third kappa shape index (κ3) is 2.93. The summed E-state index contributed by atoms with van der Waals surface area (Å²) in [5, 5.41) is 2.33. The van der Waals surface area contributed by atoms with Crippen LogP contribution in [0.5, 0.6) is 0 Å². The van der Waals surface area contributed by atoms with Crippen molar-refractivity contribution in [3.05, 3.63) is 46.5 Å². The fraction of sp³-hybridized carbons (Fsp3) is 0.167. The molecule has 0 aliphatic carbocycles. The Morgan fingerprint density at radius 2 is 2.10 bits per heavy atom. The Kier molecular flexibility index (Phi) is 3.71. The van der Waals surface area contributed by atoms with Crippen molar-refractivity contribution in [2.24, 2.45) is 0 Å². The number of aromatic nitrogens is 2. The van der Waals surface area contributed by atoms with E-state index >= 15 is 0 Å². The third-order valence-electron chi connectivity index (χ3n) is 2.59. The minimum Gasteiger partial charge on any atom is -0.348 e. The van der Waals surface area contributed by atoms with Crippen molar-refractivity contribution in [3.63, 3.8) is 0 Å². The highest BCUT2D eigenvalue weighted by Crippen LogP contribution is 2.33. The zero-order valence-corrected chi connectivity index (χ0v) is 10.9. The molecule has 0 unspecified atom stereocenters. The molecule has 1 heterocycles. The van der Waals surface area contributed by atoms with Crippen LogP contribution < -0.4 is 5.32 Å². The second kappa shape index (κ2) is 5.16. The highest BCUT2D eigenvalue weighted by Gasteiger charge is 2.31. The summed E-state index contributed by atoms with van der Waals surface area (Å²) in [5.41, 5.74) is -0.408. The molecule has 106 valence electrons. The van der Waals surface area contributed by atoms with E-state index in [4.69, 9.17) is 11.6 Å². The highest BCUT2D eigenvalue weighted by atomic mass is 35.5. The van der Waals surface area contributed by atoms with Crippen LogP contribution in [0.15, 0.2) is 24.5 Å². The normalized spacial score (nSPS) is 11.4. The Hall–Kier alpha value is -2.02. The largest absolute Gasteiger partial charge is 0.416 e. The number of aromatic amines is 1. The minimum atomic E-state index is -4.51. The van der Waals surface area contributed by atoms with Crippen LogP contribution in [0.4, 0.5) is 18.9 Å². The number of anilines is 1. The molecule has 0 saturated heterocycles. The standard InChI is InChI=1S/C12H9ClF3N3O/c1-6-10(18-5-17-6)11(20)19-9-4-7(12(14,15)16)2-3-8(9)13/h2-5H,1H3,(H,17,18)(H,19,20). The first-order chi connectivity index (χ1) is 9.29. The molecule has 2 aromatic rings. The molecular formula is C12H9ClF3N3O. The van der Waals surface area contributed by atoms with Crippen molar-refractivity contribution < 1.29 is 18.0 Å². The Bertz CT molecular complexity index is 652. The molecule has 1 aromatic heterocycles. The Labute approximate surface area is 117 Å². The van der Waals surface area contributed by atoms with E-state index < -0.39 is 17.6 Å². The summed E-state index contributed by atoms with van der Waals surface area (Å²) in [5.74, 6) is -0.634. The van der Waals surface area contributed by atoms with E-state index in [1.165, 1.54) is 6.33 Å². The smallest absolute Gasteiger partial charge is 0.348 e. The lowest BCUT2D eigenvalue weighted by molar-refractivity contribution is -0.137. The molecule has 8 heteroatoms. The van der Waals surface area contributed by atoms with Gasteiger partial charge in [-0.3, -0.25) is 4.79 Å². The summed E-state index contributed by atoms with van der Waals surface area (Å²) >= 11 is 5.78. The Morgan fingerprint density at radius 3 is 2.65 bits per heavy atom. The molecule has 0 saturated carbocycles. The van der Waals surface area contributed by atoms with Gasteiger partial charge in [-0.05, 0) is 25.1 Å². The van der Waals surface area contributed by atoms with Crippen molar-refractivity contribution in [3.8, 4) is 0 Å². The summed E-state index contributed by atoms with van der Waals surface area (Å²) in [6.45, 7) is 1.62. The van der Waals surface area contributed by atoms with Crippen molar-refractivity contribution in [2.75, 3.05) is 5.32 Å². The van der Waals surface area contributed by atoms with E-state index in [9.17, 15) is 18.0 Å². The van der Waals surface area contributed by atoms with Crippen LogP contribution in [-0.2, 0) is 6.18 Å². The molecule has 0 fully saturated rings. The van der Waals surface area contributed by atoms with Gasteiger partial charge in [0.15, 0.2) is 0 Å². The monoisotopic (exact) mass is 303 g/mol. The predicted octanol–water partition coefficient (Wildman–Crippen LogP) is 3.64. The first-order valence-corrected chi connectivity index (χ1v) is 5.85. The zero-order valence-electron chi connectivity index (χ0n) is 10.2. The average Bonchev–Trinajstić information content (AvgIpc) is 2.77. The minimum absolute atomic E-state index is 0.0135. The lowest BCUT2D eigenvalue weighted by Crippen LogP contribution is -2.15. The van der Waals surface area contributed by atoms with E-state index in [-0.39, 0.29) is 16.4 Å². The predicted molar refractivity (Wildman–Crippen MR) is 67.7 cm³/mol. The van der Waals surface area contributed by atoms with Gasteiger partial charge >= 0.3 is 6.18 Å². The van der Waals surface area contributed by atoms with Crippen LogP contribution in [0.1, 0.15) is 21.7 Å². The number of nitrogens with zero attached hydrogens (tertiary/aromatic N) is 1. The highest BCUT2D eigenvalue weighted by molar-refractivity contribution is 6.33. The number of nitrogens with one attached hydrogen (secondary N) is 2.